The summed E-state index contributed by atoms with van der Waals surface area (Å²) in [7, 11) is 0. The van der Waals surface area contributed by atoms with Crippen LogP contribution in [0.4, 0.5) is 0 Å². The average molecular weight is 385 g/mol. The van der Waals surface area contributed by atoms with Gasteiger partial charge in [-0.05, 0) is 25.8 Å². The molecule has 0 aliphatic carbocycles. The van der Waals surface area contributed by atoms with Gasteiger partial charge < -0.3 is 10.1 Å². The lowest BCUT2D eigenvalue weighted by Crippen LogP contribution is -2.50. The first-order valence-electron chi connectivity index (χ1n) is 8.63. The highest BCUT2D eigenvalue weighted by Gasteiger charge is 2.30. The third kappa shape index (κ3) is 5.63. The van der Waals surface area contributed by atoms with Crippen LogP contribution in [0.3, 0.4) is 0 Å². The van der Waals surface area contributed by atoms with Gasteiger partial charge in [-0.25, -0.2) is 4.98 Å². The summed E-state index contributed by atoms with van der Waals surface area (Å²) >= 11 is 1.46. The van der Waals surface area contributed by atoms with Crippen LogP contribution in [0.5, 0.6) is 0 Å². The number of aromatic nitrogens is 1. The van der Waals surface area contributed by atoms with Crippen molar-refractivity contribution in [3.63, 3.8) is 0 Å². The van der Waals surface area contributed by atoms with Crippen molar-refractivity contribution in [3.8, 4) is 16.6 Å². The maximum atomic E-state index is 12.0. The number of ether oxygens (including phenoxy) is 1. The van der Waals surface area contributed by atoms with E-state index in [9.17, 15) is 14.9 Å². The molecule has 0 bridgehead atoms. The standard InChI is InChI=1S/C20H23N3O3S/c1-13(2)20(4,12-21)23-17(24)10-26-18(25)9-16-11-27-19(22-16)15-7-5-6-14(3)8-15/h5-8,11,13H,9-10H2,1-4H3,(H,23,24)/t20-/m1/s1. The van der Waals surface area contributed by atoms with Crippen LogP contribution in [0.25, 0.3) is 10.6 Å². The average Bonchev–Trinajstić information content (AvgIpc) is 3.08. The number of benzene rings is 1. The molecular weight excluding hydrogens is 362 g/mol. The quantitative estimate of drug-likeness (QED) is 0.739. The summed E-state index contributed by atoms with van der Waals surface area (Å²) in [6.07, 6.45) is -0.00467. The molecule has 1 aromatic heterocycles. The number of carbonyl (C=O) groups is 2. The van der Waals surface area contributed by atoms with Gasteiger partial charge in [0, 0.05) is 10.9 Å². The van der Waals surface area contributed by atoms with Gasteiger partial charge in [-0.1, -0.05) is 37.6 Å². The minimum atomic E-state index is -0.999. The normalized spacial score (nSPS) is 12.9. The Morgan fingerprint density at radius 1 is 1.41 bits per heavy atom. The predicted octanol–water partition coefficient (Wildman–Crippen LogP) is 3.26. The molecule has 1 atom stereocenters. The van der Waals surface area contributed by atoms with Crippen LogP contribution >= 0.6 is 11.3 Å². The van der Waals surface area contributed by atoms with Gasteiger partial charge in [0.1, 0.15) is 10.5 Å². The summed E-state index contributed by atoms with van der Waals surface area (Å²) in [6.45, 7) is 6.90. The van der Waals surface area contributed by atoms with Gasteiger partial charge in [0.2, 0.25) is 0 Å². The third-order valence-corrected chi connectivity index (χ3v) is 5.23. The molecule has 0 aliphatic heterocycles. The smallest absolute Gasteiger partial charge is 0.312 e. The van der Waals surface area contributed by atoms with E-state index in [1.807, 2.05) is 50.4 Å². The Morgan fingerprint density at radius 2 is 2.15 bits per heavy atom. The molecule has 27 heavy (non-hydrogen) atoms. The number of carbonyl (C=O) groups excluding carboxylic acids is 2. The van der Waals surface area contributed by atoms with E-state index in [4.69, 9.17) is 4.74 Å². The topological polar surface area (TPSA) is 92.1 Å². The molecule has 1 heterocycles. The second-order valence-electron chi connectivity index (χ2n) is 6.87. The molecule has 1 amide bonds. The van der Waals surface area contributed by atoms with Crippen LogP contribution in [-0.2, 0) is 20.7 Å². The van der Waals surface area contributed by atoms with Crippen molar-refractivity contribution < 1.29 is 14.3 Å². The number of nitrogens with one attached hydrogen (secondary N) is 1. The minimum Gasteiger partial charge on any atom is -0.455 e. The van der Waals surface area contributed by atoms with E-state index in [-0.39, 0.29) is 12.3 Å². The lowest BCUT2D eigenvalue weighted by molar-refractivity contribution is -0.148. The Bertz CT molecular complexity index is 869. The molecule has 1 N–H and O–H groups in total. The van der Waals surface area contributed by atoms with E-state index >= 15 is 0 Å². The van der Waals surface area contributed by atoms with Gasteiger partial charge in [0.15, 0.2) is 6.61 Å². The fourth-order valence-electron chi connectivity index (χ4n) is 2.27. The van der Waals surface area contributed by atoms with Crippen LogP contribution in [-0.4, -0.2) is 29.0 Å². The number of amides is 1. The number of aryl methyl sites for hydroxylation is 1. The molecule has 2 rings (SSSR count). The first-order valence-corrected chi connectivity index (χ1v) is 9.51. The van der Waals surface area contributed by atoms with Gasteiger partial charge in [0.05, 0.1) is 18.2 Å². The van der Waals surface area contributed by atoms with E-state index in [0.29, 0.717) is 5.69 Å². The van der Waals surface area contributed by atoms with Gasteiger partial charge in [-0.2, -0.15) is 5.26 Å². The van der Waals surface area contributed by atoms with Crippen molar-refractivity contribution >= 4 is 23.2 Å². The van der Waals surface area contributed by atoms with Gasteiger partial charge in [-0.15, -0.1) is 11.3 Å². The molecular formula is C20H23N3O3S. The Morgan fingerprint density at radius 3 is 2.78 bits per heavy atom. The number of nitriles is 1. The van der Waals surface area contributed by atoms with Crippen LogP contribution < -0.4 is 5.32 Å². The van der Waals surface area contributed by atoms with Crippen LogP contribution in [0.15, 0.2) is 29.6 Å². The first kappa shape index (κ1) is 20.6. The highest BCUT2D eigenvalue weighted by atomic mass is 32.1. The number of hydrogen-bond donors (Lipinski definition) is 1. The number of rotatable bonds is 7. The van der Waals surface area contributed by atoms with Crippen molar-refractivity contribution in [1.29, 1.82) is 5.26 Å². The highest BCUT2D eigenvalue weighted by Crippen LogP contribution is 2.24. The maximum absolute atomic E-state index is 12.0. The number of nitrogens with zero attached hydrogens (tertiary/aromatic N) is 2. The molecule has 142 valence electrons. The molecule has 0 spiro atoms. The Hall–Kier alpha value is -2.72. The van der Waals surface area contributed by atoms with Gasteiger partial charge in [-0.3, -0.25) is 9.59 Å². The van der Waals surface area contributed by atoms with Crippen LogP contribution in [0.2, 0.25) is 0 Å². The van der Waals surface area contributed by atoms with Crippen molar-refractivity contribution in [2.24, 2.45) is 5.92 Å². The monoisotopic (exact) mass is 385 g/mol. The maximum Gasteiger partial charge on any atom is 0.312 e. The van der Waals surface area contributed by atoms with Crippen LogP contribution in [0, 0.1) is 24.2 Å². The van der Waals surface area contributed by atoms with Crippen molar-refractivity contribution in [1.82, 2.24) is 10.3 Å². The zero-order valence-electron chi connectivity index (χ0n) is 15.9. The number of thiazole rings is 1. The molecule has 0 aliphatic rings. The SMILES string of the molecule is Cc1cccc(-c2nc(CC(=O)OCC(=O)N[C@](C)(C#N)C(C)C)cs2)c1. The zero-order valence-corrected chi connectivity index (χ0v) is 16.7. The summed E-state index contributed by atoms with van der Waals surface area (Å²) in [5, 5.41) is 14.5. The minimum absolute atomic E-state index is 0.00467. The molecule has 0 unspecified atom stereocenters. The molecule has 0 saturated carbocycles. The fraction of sp³-hybridized carbons (Fsp3) is 0.400. The van der Waals surface area contributed by atoms with Gasteiger partial charge in [0.25, 0.3) is 5.91 Å². The second-order valence-corrected chi connectivity index (χ2v) is 7.73. The largest absolute Gasteiger partial charge is 0.455 e. The lowest BCUT2D eigenvalue weighted by Gasteiger charge is -2.27. The van der Waals surface area contributed by atoms with E-state index in [2.05, 4.69) is 16.4 Å². The molecule has 0 fully saturated rings. The molecule has 1 aromatic carbocycles. The summed E-state index contributed by atoms with van der Waals surface area (Å²) in [4.78, 5) is 28.4. The second kappa shape index (κ2) is 8.78. The molecule has 0 radical (unpaired) electrons. The first-order chi connectivity index (χ1) is 12.7. The Balaban J connectivity index is 1.88. The summed E-state index contributed by atoms with van der Waals surface area (Å²) in [6, 6.07) is 10.1. The van der Waals surface area contributed by atoms with E-state index in [0.717, 1.165) is 16.1 Å². The van der Waals surface area contributed by atoms with E-state index in [1.165, 1.54) is 11.3 Å². The van der Waals surface area contributed by atoms with Gasteiger partial charge >= 0.3 is 5.97 Å². The van der Waals surface area contributed by atoms with E-state index in [1.54, 1.807) is 6.92 Å². The highest BCUT2D eigenvalue weighted by molar-refractivity contribution is 7.13. The van der Waals surface area contributed by atoms with E-state index < -0.39 is 24.0 Å². The molecule has 6 nitrogen and oxygen atoms in total. The van der Waals surface area contributed by atoms with Crippen molar-refractivity contribution in [3.05, 3.63) is 40.9 Å². The zero-order chi connectivity index (χ0) is 20.0. The lowest BCUT2D eigenvalue weighted by atomic mass is 9.90. The molecule has 7 heteroatoms. The number of esters is 1. The van der Waals surface area contributed by atoms with Crippen molar-refractivity contribution in [2.75, 3.05) is 6.61 Å². The molecule has 2 aromatic rings. The molecule has 0 saturated heterocycles. The summed E-state index contributed by atoms with van der Waals surface area (Å²) in [5.74, 6) is -1.11. The summed E-state index contributed by atoms with van der Waals surface area (Å²) < 4.78 is 5.02. The Kier molecular flexibility index (Phi) is 6.70. The number of hydrogen-bond acceptors (Lipinski definition) is 6. The third-order valence-electron chi connectivity index (χ3n) is 4.29. The van der Waals surface area contributed by atoms with Crippen LogP contribution in [0.1, 0.15) is 32.0 Å². The Labute approximate surface area is 163 Å². The fourth-order valence-corrected chi connectivity index (χ4v) is 3.09. The summed E-state index contributed by atoms with van der Waals surface area (Å²) in [5.41, 5.74) is 1.75. The predicted molar refractivity (Wildman–Crippen MR) is 104 cm³/mol. The van der Waals surface area contributed by atoms with Crippen molar-refractivity contribution in [2.45, 2.75) is 39.7 Å².